The van der Waals surface area contributed by atoms with Crippen molar-refractivity contribution in [2.45, 2.75) is 0 Å². The molecule has 0 aliphatic carbocycles. The molecule has 2 nitrogen and oxygen atoms in total. The maximum Gasteiger partial charge on any atom is 0.151 e. The van der Waals surface area contributed by atoms with E-state index in [2.05, 4.69) is 20.9 Å². The molecule has 2 aromatic heterocycles. The first-order valence-corrected chi connectivity index (χ1v) is 6.89. The summed E-state index contributed by atoms with van der Waals surface area (Å²) in [6, 6.07) is 6.44. The lowest BCUT2D eigenvalue weighted by Gasteiger charge is -2.02. The van der Waals surface area contributed by atoms with Crippen molar-refractivity contribution in [3.05, 3.63) is 57.0 Å². The Labute approximate surface area is 126 Å². The third-order valence-corrected chi connectivity index (χ3v) is 3.94. The number of pyridine rings is 1. The lowest BCUT2D eigenvalue weighted by molar-refractivity contribution is 0.629. The molecule has 6 heteroatoms. The first kappa shape index (κ1) is 12.9. The average molecular weight is 360 g/mol. The van der Waals surface area contributed by atoms with Crippen LogP contribution in [-0.2, 0) is 0 Å². The fraction of sp³-hybridized carbons (Fsp3) is 0. The molecule has 0 saturated heterocycles. The van der Waals surface area contributed by atoms with Crippen LogP contribution in [0.3, 0.4) is 0 Å². The van der Waals surface area contributed by atoms with Crippen LogP contribution in [0.4, 0.5) is 4.39 Å². The van der Waals surface area contributed by atoms with Gasteiger partial charge in [-0.2, -0.15) is 0 Å². The van der Waals surface area contributed by atoms with E-state index >= 15 is 0 Å². The van der Waals surface area contributed by atoms with Crippen molar-refractivity contribution in [3.63, 3.8) is 0 Å². The lowest BCUT2D eigenvalue weighted by atomic mass is 10.1. The molecule has 1 aromatic carbocycles. The van der Waals surface area contributed by atoms with Crippen LogP contribution in [-0.4, -0.2) is 9.38 Å². The van der Waals surface area contributed by atoms with Crippen LogP contribution in [0.25, 0.3) is 16.9 Å². The molecule has 0 aliphatic heterocycles. The minimum Gasteiger partial charge on any atom is -0.306 e. The van der Waals surface area contributed by atoms with Crippen molar-refractivity contribution in [2.24, 2.45) is 0 Å². The summed E-state index contributed by atoms with van der Waals surface area (Å²) in [7, 11) is 0. The normalized spacial score (nSPS) is 11.2. The Morgan fingerprint density at radius 1 is 1.21 bits per heavy atom. The first-order valence-electron chi connectivity index (χ1n) is 5.34. The predicted molar refractivity (Wildman–Crippen MR) is 78.3 cm³/mol. The molecule has 0 unspecified atom stereocenters. The van der Waals surface area contributed by atoms with Gasteiger partial charge in [0.25, 0.3) is 0 Å². The molecular weight excluding hydrogens is 354 g/mol. The van der Waals surface area contributed by atoms with E-state index < -0.39 is 5.82 Å². The van der Waals surface area contributed by atoms with Gasteiger partial charge in [0.2, 0.25) is 0 Å². The monoisotopic (exact) mass is 358 g/mol. The Morgan fingerprint density at radius 3 is 2.74 bits per heavy atom. The standard InChI is InChI=1S/C13H6BrCl2FN2/c14-8-2-1-3-19-6-12(18-13(8)19)7-4-11(17)10(16)5-9(7)15/h1-6H. The number of hydrogen-bond acceptors (Lipinski definition) is 1. The summed E-state index contributed by atoms with van der Waals surface area (Å²) >= 11 is 15.2. The minimum atomic E-state index is -0.516. The summed E-state index contributed by atoms with van der Waals surface area (Å²) in [6.07, 6.45) is 3.64. The molecule has 0 spiro atoms. The number of hydrogen-bond donors (Lipinski definition) is 0. The van der Waals surface area contributed by atoms with Crippen LogP contribution in [0, 0.1) is 5.82 Å². The molecule has 0 atom stereocenters. The third-order valence-electron chi connectivity index (χ3n) is 2.72. The molecule has 3 aromatic rings. The molecule has 0 radical (unpaired) electrons. The van der Waals surface area contributed by atoms with Crippen LogP contribution >= 0.6 is 39.1 Å². The van der Waals surface area contributed by atoms with E-state index in [1.807, 2.05) is 22.7 Å². The van der Waals surface area contributed by atoms with Crippen molar-refractivity contribution < 1.29 is 4.39 Å². The molecule has 96 valence electrons. The van der Waals surface area contributed by atoms with Crippen LogP contribution in [0.5, 0.6) is 0 Å². The zero-order chi connectivity index (χ0) is 13.6. The van der Waals surface area contributed by atoms with Gasteiger partial charge in [-0.1, -0.05) is 23.2 Å². The Morgan fingerprint density at radius 2 is 2.00 bits per heavy atom. The van der Waals surface area contributed by atoms with Gasteiger partial charge in [-0.05, 0) is 40.2 Å². The number of rotatable bonds is 1. The maximum absolute atomic E-state index is 13.5. The van der Waals surface area contributed by atoms with E-state index in [1.165, 1.54) is 12.1 Å². The van der Waals surface area contributed by atoms with Gasteiger partial charge in [-0.3, -0.25) is 0 Å². The highest BCUT2D eigenvalue weighted by Gasteiger charge is 2.13. The third kappa shape index (κ3) is 2.24. The minimum absolute atomic E-state index is 0.00121. The number of imidazole rings is 1. The van der Waals surface area contributed by atoms with Gasteiger partial charge >= 0.3 is 0 Å². The van der Waals surface area contributed by atoms with Crippen LogP contribution in [0.1, 0.15) is 0 Å². The van der Waals surface area contributed by atoms with E-state index in [9.17, 15) is 4.39 Å². The molecule has 19 heavy (non-hydrogen) atoms. The highest BCUT2D eigenvalue weighted by Crippen LogP contribution is 2.32. The van der Waals surface area contributed by atoms with Gasteiger partial charge in [0, 0.05) is 18.0 Å². The first-order chi connectivity index (χ1) is 9.06. The molecule has 0 N–H and O–H groups in total. The van der Waals surface area contributed by atoms with Gasteiger partial charge in [0.15, 0.2) is 5.65 Å². The molecule has 3 rings (SSSR count). The molecule has 2 heterocycles. The molecule has 0 saturated carbocycles. The van der Waals surface area contributed by atoms with E-state index in [1.54, 1.807) is 6.20 Å². The average Bonchev–Trinajstić information content (AvgIpc) is 2.79. The SMILES string of the molecule is Fc1cc(-c2cn3cccc(Br)c3n2)c(Cl)cc1Cl. The Balaban J connectivity index is 2.25. The number of fused-ring (bicyclic) bond motifs is 1. The van der Waals surface area contributed by atoms with E-state index in [-0.39, 0.29) is 5.02 Å². The van der Waals surface area contributed by atoms with Crippen LogP contribution in [0.2, 0.25) is 10.0 Å². The molecule has 0 aliphatic rings. The molecular formula is C13H6BrCl2FN2. The fourth-order valence-electron chi connectivity index (χ4n) is 1.83. The Hall–Kier alpha value is -1.10. The lowest BCUT2D eigenvalue weighted by Crippen LogP contribution is -1.84. The molecule has 0 fully saturated rings. The smallest absolute Gasteiger partial charge is 0.151 e. The van der Waals surface area contributed by atoms with E-state index in [0.29, 0.717) is 16.3 Å². The number of benzene rings is 1. The van der Waals surface area contributed by atoms with Crippen molar-refractivity contribution in [1.82, 2.24) is 9.38 Å². The number of halogens is 4. The van der Waals surface area contributed by atoms with Gasteiger partial charge in [-0.25, -0.2) is 9.37 Å². The fourth-order valence-corrected chi connectivity index (χ4v) is 2.75. The summed E-state index contributed by atoms with van der Waals surface area (Å²) < 4.78 is 16.2. The highest BCUT2D eigenvalue weighted by molar-refractivity contribution is 9.10. The highest BCUT2D eigenvalue weighted by atomic mass is 79.9. The zero-order valence-electron chi connectivity index (χ0n) is 9.37. The summed E-state index contributed by atoms with van der Waals surface area (Å²) in [5.41, 5.74) is 1.84. The predicted octanol–water partition coefficient (Wildman–Crippen LogP) is 5.21. The summed E-state index contributed by atoms with van der Waals surface area (Å²) in [6.45, 7) is 0. The van der Waals surface area contributed by atoms with Gasteiger partial charge < -0.3 is 4.40 Å². The molecule has 0 bridgehead atoms. The number of aromatic nitrogens is 2. The Kier molecular flexibility index (Phi) is 3.25. The van der Waals surface area contributed by atoms with Crippen LogP contribution < -0.4 is 0 Å². The summed E-state index contributed by atoms with van der Waals surface area (Å²) in [5, 5.41) is 0.365. The van der Waals surface area contributed by atoms with Crippen molar-refractivity contribution in [1.29, 1.82) is 0 Å². The number of nitrogens with zero attached hydrogens (tertiary/aromatic N) is 2. The van der Waals surface area contributed by atoms with Gasteiger partial charge in [-0.15, -0.1) is 0 Å². The summed E-state index contributed by atoms with van der Waals surface area (Å²) in [4.78, 5) is 4.44. The second-order valence-electron chi connectivity index (χ2n) is 3.96. The summed E-state index contributed by atoms with van der Waals surface area (Å²) in [5.74, 6) is -0.516. The van der Waals surface area contributed by atoms with Crippen molar-refractivity contribution >= 4 is 44.8 Å². The second kappa shape index (κ2) is 4.78. The molecule has 0 amide bonds. The quantitative estimate of drug-likeness (QED) is 0.545. The van der Waals surface area contributed by atoms with E-state index in [0.717, 1.165) is 10.1 Å². The zero-order valence-corrected chi connectivity index (χ0v) is 12.5. The van der Waals surface area contributed by atoms with E-state index in [4.69, 9.17) is 23.2 Å². The Bertz CT molecular complexity index is 786. The van der Waals surface area contributed by atoms with Gasteiger partial charge in [0.05, 0.1) is 20.2 Å². The van der Waals surface area contributed by atoms with Crippen LogP contribution in [0.15, 0.2) is 41.1 Å². The van der Waals surface area contributed by atoms with Gasteiger partial charge in [0.1, 0.15) is 5.82 Å². The largest absolute Gasteiger partial charge is 0.306 e. The van der Waals surface area contributed by atoms with Crippen molar-refractivity contribution in [2.75, 3.05) is 0 Å². The topological polar surface area (TPSA) is 17.3 Å². The second-order valence-corrected chi connectivity index (χ2v) is 5.63. The maximum atomic E-state index is 13.5. The van der Waals surface area contributed by atoms with Crippen molar-refractivity contribution in [3.8, 4) is 11.3 Å².